The van der Waals surface area contributed by atoms with Gasteiger partial charge in [-0.25, -0.2) is 0 Å². The molecule has 2 aliphatic heterocycles. The van der Waals surface area contributed by atoms with Gasteiger partial charge in [0.05, 0.1) is 75.2 Å². The Morgan fingerprint density at radius 3 is 1.25 bits per heavy atom. The Morgan fingerprint density at radius 1 is 0.518 bits per heavy atom. The van der Waals surface area contributed by atoms with Crippen LogP contribution in [0.5, 0.6) is 23.0 Å². The zero-order chi connectivity index (χ0) is 58.6. The van der Waals surface area contributed by atoms with Gasteiger partial charge in [0.2, 0.25) is 11.8 Å². The molecule has 19 heteroatoms. The average Bonchev–Trinajstić information content (AvgIpc) is 3.09. The van der Waals surface area contributed by atoms with E-state index in [-0.39, 0.29) is 37.3 Å². The van der Waals surface area contributed by atoms with Crippen molar-refractivity contribution in [1.29, 1.82) is 0 Å². The molecule has 6 amide bonds. The molecule has 10 rings (SSSR count). The topological polar surface area (TPSA) is 191 Å². The van der Waals surface area contributed by atoms with E-state index in [1.807, 2.05) is 60.7 Å². The molecule has 83 heavy (non-hydrogen) atoms. The van der Waals surface area contributed by atoms with Gasteiger partial charge in [0.25, 0.3) is 23.6 Å². The van der Waals surface area contributed by atoms with Crippen molar-refractivity contribution in [1.82, 2.24) is 21.3 Å². The number of likely N-dealkylation sites (N-methyl/N-ethyl adjacent to an activating group) is 2. The van der Waals surface area contributed by atoms with Gasteiger partial charge in [-0.1, -0.05) is 80.4 Å². The maximum atomic E-state index is 14.9. The fourth-order valence-electron chi connectivity index (χ4n) is 10.4. The molecule has 8 aromatic rings. The average molecular weight is 1250 g/mol. The molecule has 0 unspecified atom stereocenters. The number of amides is 6. The van der Waals surface area contributed by atoms with Gasteiger partial charge in [-0.15, -0.1) is 0 Å². The monoisotopic (exact) mass is 1240 g/mol. The summed E-state index contributed by atoms with van der Waals surface area (Å²) in [4.78, 5) is 92.8. The van der Waals surface area contributed by atoms with Crippen LogP contribution < -0.4 is 55.1 Å². The number of nitrogens with one attached hydrogen (secondary N) is 4. The van der Waals surface area contributed by atoms with Gasteiger partial charge in [-0.3, -0.25) is 28.8 Å². The first-order chi connectivity index (χ1) is 40.1. The molecule has 0 aromatic heterocycles. The molecule has 0 fully saturated rings. The Bertz CT molecular complexity index is 3580. The molecule has 0 aliphatic carbocycles. The molecule has 424 valence electrons. The Hall–Kier alpha value is -8.62. The summed E-state index contributed by atoms with van der Waals surface area (Å²) in [5, 5.41) is 15.3. The van der Waals surface area contributed by atoms with E-state index in [4.69, 9.17) is 14.2 Å². The molecule has 2 aliphatic rings. The molecule has 2 heterocycles. The number of carbonyl (C=O) groups excluding carboxylic acids is 6. The summed E-state index contributed by atoms with van der Waals surface area (Å²) in [6.07, 6.45) is 0. The Morgan fingerprint density at radius 2 is 0.892 bits per heavy atom. The van der Waals surface area contributed by atoms with Gasteiger partial charge in [0.15, 0.2) is 0 Å². The molecule has 4 N–H and O–H groups in total. The van der Waals surface area contributed by atoms with Crippen molar-refractivity contribution in [2.45, 2.75) is 51.1 Å². The van der Waals surface area contributed by atoms with Crippen LogP contribution in [-0.2, 0) is 32.3 Å². The molecule has 0 saturated carbocycles. The van der Waals surface area contributed by atoms with Crippen molar-refractivity contribution in [3.05, 3.63) is 189 Å². The summed E-state index contributed by atoms with van der Waals surface area (Å²) < 4.78 is 19.8. The Labute approximate surface area is 497 Å². The molecular weight excluding hydrogens is 1180 g/mol. The highest BCUT2D eigenvalue weighted by atomic mass is 79.9. The third-order valence-electron chi connectivity index (χ3n) is 15.2. The van der Waals surface area contributed by atoms with Crippen LogP contribution in [0, 0.1) is 0 Å². The fourth-order valence-corrected chi connectivity index (χ4v) is 11.2. The quantitative estimate of drug-likeness (QED) is 0.0720. The maximum Gasteiger partial charge on any atom is 0.258 e. The van der Waals surface area contributed by atoms with E-state index >= 15 is 0 Å². The number of methoxy groups -OCH3 is 2. The van der Waals surface area contributed by atoms with Crippen LogP contribution in [0.15, 0.2) is 167 Å². The van der Waals surface area contributed by atoms with Crippen molar-refractivity contribution in [2.75, 3.05) is 61.0 Å². The number of halogens is 2. The second-order valence-corrected chi connectivity index (χ2v) is 22.0. The smallest absolute Gasteiger partial charge is 0.258 e. The highest BCUT2D eigenvalue weighted by molar-refractivity contribution is 9.10. The van der Waals surface area contributed by atoms with E-state index in [0.717, 1.165) is 41.6 Å². The number of anilines is 4. The number of carbonyl (C=O) groups is 6. The minimum atomic E-state index is -1.14. The predicted molar refractivity (Wildman–Crippen MR) is 329 cm³/mol. The minimum absolute atomic E-state index is 0.0696. The number of fused-ring (bicyclic) bond motifs is 4. The predicted octanol–water partition coefficient (Wildman–Crippen LogP) is 9.90. The van der Waals surface area contributed by atoms with Gasteiger partial charge in [-0.05, 0) is 159 Å². The van der Waals surface area contributed by atoms with Crippen LogP contribution >= 0.6 is 31.9 Å². The Kier molecular flexibility index (Phi) is 17.2. The second kappa shape index (κ2) is 24.8. The van der Waals surface area contributed by atoms with E-state index in [9.17, 15) is 28.8 Å². The van der Waals surface area contributed by atoms with Crippen molar-refractivity contribution >= 4 is 112 Å². The summed E-state index contributed by atoms with van der Waals surface area (Å²) >= 11 is 7.14. The van der Waals surface area contributed by atoms with E-state index < -0.39 is 59.6 Å². The summed E-state index contributed by atoms with van der Waals surface area (Å²) in [5.74, 6) is -0.557. The van der Waals surface area contributed by atoms with E-state index in [1.54, 1.807) is 149 Å². The minimum Gasteiger partial charge on any atom is -0.496 e. The van der Waals surface area contributed by atoms with Crippen LogP contribution in [0.4, 0.5) is 22.7 Å². The zero-order valence-electron chi connectivity index (χ0n) is 46.4. The summed E-state index contributed by atoms with van der Waals surface area (Å²) in [6, 6.07) is 43.3. The molecule has 0 saturated heterocycles. The number of nitrogens with zero attached hydrogens (tertiary/aromatic N) is 4. The lowest BCUT2D eigenvalue weighted by atomic mass is 10.0. The van der Waals surface area contributed by atoms with Crippen molar-refractivity contribution in [3.8, 4) is 23.0 Å². The number of hydrogen-bond donors (Lipinski definition) is 4. The zero-order valence-corrected chi connectivity index (χ0v) is 49.5. The summed E-state index contributed by atoms with van der Waals surface area (Å²) in [7, 11) is 6.46. The first kappa shape index (κ1) is 57.6. The first-order valence-electron chi connectivity index (χ1n) is 26.9. The normalized spacial score (nSPS) is 15.9. The van der Waals surface area contributed by atoms with Crippen LogP contribution in [0.1, 0.15) is 45.7 Å². The number of hydrogen-bond acceptors (Lipinski definition) is 11. The molecule has 17 nitrogen and oxygen atoms in total. The van der Waals surface area contributed by atoms with Crippen LogP contribution in [-0.4, -0.2) is 101 Å². The first-order valence-corrected chi connectivity index (χ1v) is 28.5. The lowest BCUT2D eigenvalue weighted by Gasteiger charge is -2.27. The second-order valence-electron chi connectivity index (χ2n) is 20.2. The van der Waals surface area contributed by atoms with Crippen LogP contribution in [0.2, 0.25) is 0 Å². The van der Waals surface area contributed by atoms with Gasteiger partial charge >= 0.3 is 0 Å². The Balaban J connectivity index is 0.910. The van der Waals surface area contributed by atoms with Crippen molar-refractivity contribution in [2.24, 2.45) is 0 Å². The van der Waals surface area contributed by atoms with Gasteiger partial charge < -0.3 is 55.1 Å². The number of rotatable bonds is 16. The highest BCUT2D eigenvalue weighted by Gasteiger charge is 2.40. The highest BCUT2D eigenvalue weighted by Crippen LogP contribution is 2.41. The van der Waals surface area contributed by atoms with Crippen molar-refractivity contribution in [3.63, 3.8) is 0 Å². The van der Waals surface area contributed by atoms with E-state index in [0.29, 0.717) is 45.7 Å². The van der Waals surface area contributed by atoms with Gasteiger partial charge in [-0.2, -0.15) is 0 Å². The molecule has 0 spiro atoms. The number of benzene rings is 8. The summed E-state index contributed by atoms with van der Waals surface area (Å²) in [6.45, 7) is 3.18. The van der Waals surface area contributed by atoms with E-state index in [1.165, 1.54) is 9.80 Å². The van der Waals surface area contributed by atoms with Gasteiger partial charge in [0, 0.05) is 31.2 Å². The third kappa shape index (κ3) is 11.9. The molecule has 0 radical (unpaired) electrons. The molecular formula is C64H60Br2N8O9. The molecule has 0 bridgehead atoms. The van der Waals surface area contributed by atoms with Gasteiger partial charge in [0.1, 0.15) is 35.1 Å². The van der Waals surface area contributed by atoms with Crippen LogP contribution in [0.3, 0.4) is 0 Å². The van der Waals surface area contributed by atoms with Crippen LogP contribution in [0.25, 0.3) is 21.5 Å². The SMILES string of the molecule is CN[C@@H](C)C(=O)N[C@H]1CN(C(=O)c2ccc(Oc3ccc(C(=O)N4C[C@H](NC(=O)[C@H](C)NC)C(=O)N(Cc5c(OC)ccc6cc(Br)ccc56)c5ccccc54)cc3)cc2)c2ccccc2N(Cc2c(OC)ccc3cc(Br)ccc23)C1=O. The maximum absolute atomic E-state index is 14.9. The largest absolute Gasteiger partial charge is 0.496 e. The standard InChI is InChI=1S/C64H60Br2N8O9/c1-37(67-3)59(75)69-51-35-73(55-13-9-7-11-53(55)71(63(51)79)33-49-47-27-21-43(65)31-41(47)19-29-57(49)81-5)61(77)39-15-23-45(24-16-39)83-46-25-17-40(18-26-46)62(78)74-36-52(70-60(76)38(2)68-4)64(80)72(54-12-8-10-14-56(54)74)34-50-48-28-22-44(66)32-42(48)20-30-58(50)82-6/h7-32,37-38,51-52,67-68H,33-36H2,1-6H3,(H,69,75)(H,70,76)/t37-,38-,51-,52-/m0/s1. The summed E-state index contributed by atoms with van der Waals surface area (Å²) in [5.41, 5.74) is 3.94. The van der Waals surface area contributed by atoms with Crippen molar-refractivity contribution < 1.29 is 43.0 Å². The van der Waals surface area contributed by atoms with E-state index in [2.05, 4.69) is 53.1 Å². The fraction of sp³-hybridized carbons (Fsp3) is 0.219. The molecule has 4 atom stereocenters. The lowest BCUT2D eigenvalue weighted by Crippen LogP contribution is -2.55. The lowest BCUT2D eigenvalue weighted by molar-refractivity contribution is -0.128. The third-order valence-corrected chi connectivity index (χ3v) is 16.2. The number of ether oxygens (including phenoxy) is 3. The number of para-hydroxylation sites is 4. The molecule has 8 aromatic carbocycles.